The maximum absolute atomic E-state index is 11.5. The highest BCUT2D eigenvalue weighted by Gasteiger charge is 2.28. The minimum absolute atomic E-state index is 0.0552. The first-order chi connectivity index (χ1) is 5.70. The quantitative estimate of drug-likeness (QED) is 0.506. The molecule has 0 bridgehead atoms. The normalized spacial score (nSPS) is 22.9. The molecule has 0 atom stereocenters. The van der Waals surface area contributed by atoms with Crippen LogP contribution in [0.25, 0.3) is 0 Å². The van der Waals surface area contributed by atoms with E-state index in [2.05, 4.69) is 0 Å². The number of ketones is 2. The molecule has 0 aromatic rings. The number of allylic oxidation sites excluding steroid dienone is 4. The lowest BCUT2D eigenvalue weighted by atomic mass is 9.92. The molecule has 0 spiro atoms. The Bertz CT molecular complexity index is 332. The van der Waals surface area contributed by atoms with Crippen LogP contribution in [0.2, 0.25) is 0 Å². The molecule has 0 radical (unpaired) electrons. The molecule has 0 aromatic heterocycles. The van der Waals surface area contributed by atoms with Gasteiger partial charge >= 0.3 is 0 Å². The fourth-order valence-corrected chi connectivity index (χ4v) is 1.85. The molecule has 2 aliphatic rings. The highest BCUT2D eigenvalue weighted by Crippen LogP contribution is 2.32. The lowest BCUT2D eigenvalue weighted by molar-refractivity contribution is -0.115. The maximum Gasteiger partial charge on any atom is 0.185 e. The summed E-state index contributed by atoms with van der Waals surface area (Å²) < 4.78 is 0. The molecular formula is C10H10O2. The van der Waals surface area contributed by atoms with Crippen molar-refractivity contribution in [2.45, 2.75) is 26.2 Å². The fraction of sp³-hybridized carbons (Fsp3) is 0.400. The lowest BCUT2D eigenvalue weighted by Gasteiger charge is -2.09. The molecule has 0 amide bonds. The van der Waals surface area contributed by atoms with E-state index in [0.29, 0.717) is 5.57 Å². The van der Waals surface area contributed by atoms with Gasteiger partial charge in [0.05, 0.1) is 0 Å². The van der Waals surface area contributed by atoms with Crippen molar-refractivity contribution in [2.75, 3.05) is 0 Å². The molecule has 12 heavy (non-hydrogen) atoms. The second-order valence-electron chi connectivity index (χ2n) is 3.33. The summed E-state index contributed by atoms with van der Waals surface area (Å²) in [6, 6.07) is 0. The van der Waals surface area contributed by atoms with Crippen LogP contribution in [0.3, 0.4) is 0 Å². The molecule has 0 aliphatic heterocycles. The molecule has 2 nitrogen and oxygen atoms in total. The summed E-state index contributed by atoms with van der Waals surface area (Å²) in [5.74, 6) is 0.140. The average Bonchev–Trinajstić information content (AvgIpc) is 2.48. The Morgan fingerprint density at radius 3 is 2.58 bits per heavy atom. The zero-order valence-electron chi connectivity index (χ0n) is 7.02. The number of hydrogen-bond acceptors (Lipinski definition) is 2. The number of hydrogen-bond donors (Lipinski definition) is 0. The van der Waals surface area contributed by atoms with Crippen LogP contribution in [-0.4, -0.2) is 11.6 Å². The molecule has 2 aliphatic carbocycles. The van der Waals surface area contributed by atoms with Gasteiger partial charge < -0.3 is 0 Å². The third-order valence-corrected chi connectivity index (χ3v) is 2.50. The monoisotopic (exact) mass is 162 g/mol. The summed E-state index contributed by atoms with van der Waals surface area (Å²) in [4.78, 5) is 22.8. The van der Waals surface area contributed by atoms with Crippen LogP contribution >= 0.6 is 0 Å². The van der Waals surface area contributed by atoms with Gasteiger partial charge in [-0.3, -0.25) is 9.59 Å². The largest absolute Gasteiger partial charge is 0.290 e. The van der Waals surface area contributed by atoms with Crippen LogP contribution in [-0.2, 0) is 9.59 Å². The highest BCUT2D eigenvalue weighted by atomic mass is 16.1. The third-order valence-electron chi connectivity index (χ3n) is 2.50. The second-order valence-corrected chi connectivity index (χ2v) is 3.33. The molecule has 0 unspecified atom stereocenters. The average molecular weight is 162 g/mol. The number of Topliss-reactive ketones (excluding diaryl/α,β-unsaturated/α-hetero) is 1. The van der Waals surface area contributed by atoms with E-state index in [0.717, 1.165) is 30.4 Å². The van der Waals surface area contributed by atoms with Crippen LogP contribution in [0.15, 0.2) is 22.8 Å². The van der Waals surface area contributed by atoms with Crippen molar-refractivity contribution < 1.29 is 9.59 Å². The van der Waals surface area contributed by atoms with Gasteiger partial charge in [0.15, 0.2) is 11.6 Å². The van der Waals surface area contributed by atoms with Gasteiger partial charge in [-0.25, -0.2) is 0 Å². The molecule has 62 valence electrons. The first kappa shape index (κ1) is 7.47. The Labute approximate surface area is 71.0 Å². The number of carbonyl (C=O) groups excluding carboxylic acids is 2. The van der Waals surface area contributed by atoms with Gasteiger partial charge in [0.1, 0.15) is 0 Å². The van der Waals surface area contributed by atoms with E-state index in [1.807, 2.05) is 0 Å². The minimum atomic E-state index is 0.0552. The van der Waals surface area contributed by atoms with Crippen LogP contribution in [0.4, 0.5) is 0 Å². The molecule has 0 aromatic carbocycles. The minimum Gasteiger partial charge on any atom is -0.290 e. The predicted molar refractivity (Wildman–Crippen MR) is 44.6 cm³/mol. The summed E-state index contributed by atoms with van der Waals surface area (Å²) in [5, 5.41) is 0. The van der Waals surface area contributed by atoms with Crippen LogP contribution in [0, 0.1) is 0 Å². The van der Waals surface area contributed by atoms with E-state index in [9.17, 15) is 9.59 Å². The van der Waals surface area contributed by atoms with Crippen molar-refractivity contribution in [3.63, 3.8) is 0 Å². The zero-order chi connectivity index (χ0) is 8.72. The smallest absolute Gasteiger partial charge is 0.185 e. The second kappa shape index (κ2) is 2.41. The highest BCUT2D eigenvalue weighted by molar-refractivity contribution is 6.22. The van der Waals surface area contributed by atoms with Crippen molar-refractivity contribution in [2.24, 2.45) is 0 Å². The van der Waals surface area contributed by atoms with Crippen molar-refractivity contribution in [3.8, 4) is 0 Å². The molecule has 0 N–H and O–H groups in total. The van der Waals surface area contributed by atoms with Gasteiger partial charge in [0.2, 0.25) is 0 Å². The first-order valence-electron chi connectivity index (χ1n) is 4.19. The zero-order valence-corrected chi connectivity index (χ0v) is 7.02. The fourth-order valence-electron chi connectivity index (χ4n) is 1.85. The van der Waals surface area contributed by atoms with Gasteiger partial charge in [-0.15, -0.1) is 0 Å². The third kappa shape index (κ3) is 0.876. The molecule has 0 fully saturated rings. The van der Waals surface area contributed by atoms with Gasteiger partial charge in [-0.1, -0.05) is 0 Å². The molecule has 0 saturated heterocycles. The van der Waals surface area contributed by atoms with Crippen LogP contribution in [0.5, 0.6) is 0 Å². The number of rotatable bonds is 0. The lowest BCUT2D eigenvalue weighted by Crippen LogP contribution is -2.14. The summed E-state index contributed by atoms with van der Waals surface area (Å²) in [7, 11) is 0. The maximum atomic E-state index is 11.5. The SMILES string of the molecule is CC1=CC(=O)C2=C(CCC2)C1=O. The molecule has 2 heteroatoms. The van der Waals surface area contributed by atoms with Crippen LogP contribution < -0.4 is 0 Å². The summed E-state index contributed by atoms with van der Waals surface area (Å²) in [6.45, 7) is 1.71. The van der Waals surface area contributed by atoms with Gasteiger partial charge in [-0.2, -0.15) is 0 Å². The standard InChI is InChI=1S/C10H10O2/c1-6-5-9(11)7-3-2-4-8(7)10(6)12/h5H,2-4H2,1H3. The summed E-state index contributed by atoms with van der Waals surface area (Å²) in [6.07, 6.45) is 4.02. The van der Waals surface area contributed by atoms with Crippen molar-refractivity contribution in [1.29, 1.82) is 0 Å². The van der Waals surface area contributed by atoms with E-state index < -0.39 is 0 Å². The Balaban J connectivity index is 2.48. The van der Waals surface area contributed by atoms with Crippen LogP contribution in [0.1, 0.15) is 26.2 Å². The molecule has 0 saturated carbocycles. The Hall–Kier alpha value is -1.18. The van der Waals surface area contributed by atoms with E-state index in [1.165, 1.54) is 6.08 Å². The van der Waals surface area contributed by atoms with Crippen molar-refractivity contribution >= 4 is 11.6 Å². The van der Waals surface area contributed by atoms with Gasteiger partial charge in [0.25, 0.3) is 0 Å². The Morgan fingerprint density at radius 1 is 1.17 bits per heavy atom. The predicted octanol–water partition coefficient (Wildman–Crippen LogP) is 1.56. The van der Waals surface area contributed by atoms with Gasteiger partial charge in [0, 0.05) is 16.7 Å². The van der Waals surface area contributed by atoms with Crippen molar-refractivity contribution in [3.05, 3.63) is 22.8 Å². The van der Waals surface area contributed by atoms with E-state index in [-0.39, 0.29) is 11.6 Å². The molecule has 0 heterocycles. The summed E-state index contributed by atoms with van der Waals surface area (Å²) >= 11 is 0. The molecule has 2 rings (SSSR count). The van der Waals surface area contributed by atoms with Gasteiger partial charge in [-0.05, 0) is 32.3 Å². The van der Waals surface area contributed by atoms with E-state index >= 15 is 0 Å². The van der Waals surface area contributed by atoms with E-state index in [1.54, 1.807) is 6.92 Å². The van der Waals surface area contributed by atoms with Crippen molar-refractivity contribution in [1.82, 2.24) is 0 Å². The number of carbonyl (C=O) groups is 2. The summed E-state index contributed by atoms with van der Waals surface area (Å²) in [5.41, 5.74) is 2.14. The molecular weight excluding hydrogens is 152 g/mol. The van der Waals surface area contributed by atoms with E-state index in [4.69, 9.17) is 0 Å². The Kier molecular flexibility index (Phi) is 1.50. The Morgan fingerprint density at radius 2 is 1.83 bits per heavy atom. The first-order valence-corrected chi connectivity index (χ1v) is 4.19. The topological polar surface area (TPSA) is 34.1 Å².